The topological polar surface area (TPSA) is 61.4 Å². The van der Waals surface area contributed by atoms with Gasteiger partial charge in [0, 0.05) is 52.4 Å². The number of guanidine groups is 1. The van der Waals surface area contributed by atoms with Crippen LogP contribution in [0.1, 0.15) is 20.8 Å². The zero-order valence-corrected chi connectivity index (χ0v) is 19.0. The highest BCUT2D eigenvalue weighted by Crippen LogP contribution is 2.08. The maximum atomic E-state index is 5.89. The zero-order chi connectivity index (χ0) is 17.9. The van der Waals surface area contributed by atoms with E-state index < -0.39 is 0 Å². The third-order valence-electron chi connectivity index (χ3n) is 4.47. The SMILES string of the molecule is CCNC(=NCC1CN(CC(C)C)CCO1)NCCN1CCOCC1.I. The van der Waals surface area contributed by atoms with Crippen molar-refractivity contribution in [2.75, 3.05) is 78.7 Å². The number of halogens is 1. The van der Waals surface area contributed by atoms with Crippen LogP contribution in [0.25, 0.3) is 0 Å². The van der Waals surface area contributed by atoms with Crippen LogP contribution in [0.2, 0.25) is 0 Å². The third kappa shape index (κ3) is 9.68. The number of aliphatic imine (C=N–C) groups is 1. The van der Waals surface area contributed by atoms with E-state index in [2.05, 4.69) is 41.2 Å². The quantitative estimate of drug-likeness (QED) is 0.303. The molecule has 0 aromatic rings. The summed E-state index contributed by atoms with van der Waals surface area (Å²) >= 11 is 0. The van der Waals surface area contributed by atoms with Crippen molar-refractivity contribution in [3.8, 4) is 0 Å². The zero-order valence-electron chi connectivity index (χ0n) is 16.7. The molecule has 0 spiro atoms. The van der Waals surface area contributed by atoms with E-state index in [9.17, 15) is 0 Å². The summed E-state index contributed by atoms with van der Waals surface area (Å²) in [5.41, 5.74) is 0. The van der Waals surface area contributed by atoms with Crippen molar-refractivity contribution in [3.63, 3.8) is 0 Å². The first-order valence-electron chi connectivity index (χ1n) is 9.83. The number of hydrogen-bond donors (Lipinski definition) is 2. The summed E-state index contributed by atoms with van der Waals surface area (Å²) < 4.78 is 11.3. The highest BCUT2D eigenvalue weighted by Gasteiger charge is 2.20. The lowest BCUT2D eigenvalue weighted by Gasteiger charge is -2.33. The lowest BCUT2D eigenvalue weighted by Crippen LogP contribution is -2.46. The monoisotopic (exact) mass is 483 g/mol. The van der Waals surface area contributed by atoms with Gasteiger partial charge in [0.2, 0.25) is 0 Å². The Hall–Kier alpha value is -0.160. The van der Waals surface area contributed by atoms with Crippen LogP contribution in [0.15, 0.2) is 4.99 Å². The molecule has 0 aromatic heterocycles. The van der Waals surface area contributed by atoms with Crippen LogP contribution in [-0.2, 0) is 9.47 Å². The summed E-state index contributed by atoms with van der Waals surface area (Å²) in [5, 5.41) is 6.77. The van der Waals surface area contributed by atoms with Gasteiger partial charge in [-0.15, -0.1) is 24.0 Å². The number of nitrogens with zero attached hydrogens (tertiary/aromatic N) is 3. The lowest BCUT2D eigenvalue weighted by molar-refractivity contribution is -0.0261. The molecule has 8 heteroatoms. The number of rotatable bonds is 8. The number of nitrogens with one attached hydrogen (secondary N) is 2. The van der Waals surface area contributed by atoms with Crippen molar-refractivity contribution in [2.45, 2.75) is 26.9 Å². The predicted octanol–water partition coefficient (Wildman–Crippen LogP) is 0.849. The van der Waals surface area contributed by atoms with Gasteiger partial charge in [0.05, 0.1) is 32.5 Å². The Morgan fingerprint density at radius 3 is 2.54 bits per heavy atom. The molecular weight excluding hydrogens is 445 g/mol. The molecule has 2 N–H and O–H groups in total. The maximum absolute atomic E-state index is 5.89. The number of ether oxygens (including phenoxy) is 2. The van der Waals surface area contributed by atoms with Crippen LogP contribution in [0.5, 0.6) is 0 Å². The molecule has 2 rings (SSSR count). The van der Waals surface area contributed by atoms with E-state index in [-0.39, 0.29) is 30.1 Å². The molecule has 2 fully saturated rings. The minimum absolute atomic E-state index is 0. The van der Waals surface area contributed by atoms with Crippen molar-refractivity contribution in [2.24, 2.45) is 10.9 Å². The second-order valence-electron chi connectivity index (χ2n) is 7.25. The summed E-state index contributed by atoms with van der Waals surface area (Å²) in [6, 6.07) is 0. The van der Waals surface area contributed by atoms with Crippen LogP contribution in [0.4, 0.5) is 0 Å². The molecule has 26 heavy (non-hydrogen) atoms. The van der Waals surface area contributed by atoms with Gasteiger partial charge in [0.25, 0.3) is 0 Å². The summed E-state index contributed by atoms with van der Waals surface area (Å²) in [4.78, 5) is 9.65. The molecule has 0 aromatic carbocycles. The summed E-state index contributed by atoms with van der Waals surface area (Å²) in [7, 11) is 0. The van der Waals surface area contributed by atoms with E-state index in [0.29, 0.717) is 12.5 Å². The van der Waals surface area contributed by atoms with Gasteiger partial charge in [-0.25, -0.2) is 0 Å². The van der Waals surface area contributed by atoms with E-state index in [4.69, 9.17) is 14.5 Å². The van der Waals surface area contributed by atoms with E-state index in [1.165, 1.54) is 0 Å². The largest absolute Gasteiger partial charge is 0.379 e. The molecule has 0 aliphatic carbocycles. The van der Waals surface area contributed by atoms with Gasteiger partial charge in [-0.2, -0.15) is 0 Å². The van der Waals surface area contributed by atoms with E-state index in [1.807, 2.05) is 0 Å². The third-order valence-corrected chi connectivity index (χ3v) is 4.47. The molecule has 2 saturated heterocycles. The molecule has 154 valence electrons. The van der Waals surface area contributed by atoms with Crippen molar-refractivity contribution >= 4 is 29.9 Å². The van der Waals surface area contributed by atoms with Gasteiger partial charge >= 0.3 is 0 Å². The van der Waals surface area contributed by atoms with Crippen molar-refractivity contribution in [3.05, 3.63) is 0 Å². The van der Waals surface area contributed by atoms with E-state index >= 15 is 0 Å². The van der Waals surface area contributed by atoms with Crippen molar-refractivity contribution in [1.82, 2.24) is 20.4 Å². The lowest BCUT2D eigenvalue weighted by atomic mass is 10.2. The molecule has 2 heterocycles. The molecule has 0 amide bonds. The normalized spacial score (nSPS) is 22.9. The average molecular weight is 483 g/mol. The standard InChI is InChI=1S/C18H37N5O2.HI/c1-4-19-18(20-5-6-22-7-10-24-11-8-22)21-13-17-15-23(9-12-25-17)14-16(2)3;/h16-17H,4-15H2,1-3H3,(H2,19,20,21);1H. The fourth-order valence-electron chi connectivity index (χ4n) is 3.27. The van der Waals surface area contributed by atoms with Gasteiger partial charge in [-0.05, 0) is 12.8 Å². The average Bonchev–Trinajstić information content (AvgIpc) is 2.60. The fraction of sp³-hybridized carbons (Fsp3) is 0.944. The molecule has 7 nitrogen and oxygen atoms in total. The fourth-order valence-corrected chi connectivity index (χ4v) is 3.27. The van der Waals surface area contributed by atoms with Crippen molar-refractivity contribution in [1.29, 1.82) is 0 Å². The minimum atomic E-state index is 0. The molecule has 2 aliphatic heterocycles. The first-order valence-corrected chi connectivity index (χ1v) is 9.83. The first kappa shape index (κ1) is 23.9. The second kappa shape index (κ2) is 13.9. The van der Waals surface area contributed by atoms with Gasteiger partial charge in [0.15, 0.2) is 5.96 Å². The van der Waals surface area contributed by atoms with Crippen LogP contribution in [0, 0.1) is 5.92 Å². The Labute approximate surface area is 176 Å². The van der Waals surface area contributed by atoms with Crippen LogP contribution < -0.4 is 10.6 Å². The number of hydrogen-bond acceptors (Lipinski definition) is 5. The summed E-state index contributed by atoms with van der Waals surface area (Å²) in [6.45, 7) is 17.9. The summed E-state index contributed by atoms with van der Waals surface area (Å²) in [5.74, 6) is 1.58. The first-order chi connectivity index (χ1) is 12.2. The Morgan fingerprint density at radius 2 is 1.85 bits per heavy atom. The van der Waals surface area contributed by atoms with Gasteiger partial charge < -0.3 is 20.1 Å². The molecule has 2 aliphatic rings. The maximum Gasteiger partial charge on any atom is 0.191 e. The van der Waals surface area contributed by atoms with Crippen molar-refractivity contribution < 1.29 is 9.47 Å². The molecule has 0 radical (unpaired) electrons. The molecule has 0 bridgehead atoms. The van der Waals surface area contributed by atoms with Crippen LogP contribution in [-0.4, -0.2) is 101 Å². The highest BCUT2D eigenvalue weighted by molar-refractivity contribution is 14.0. The minimum Gasteiger partial charge on any atom is -0.379 e. The molecule has 1 atom stereocenters. The van der Waals surface area contributed by atoms with Crippen LogP contribution >= 0.6 is 24.0 Å². The van der Waals surface area contributed by atoms with Crippen LogP contribution in [0.3, 0.4) is 0 Å². The van der Waals surface area contributed by atoms with Gasteiger partial charge in [-0.1, -0.05) is 13.8 Å². The Kier molecular flexibility index (Phi) is 12.8. The van der Waals surface area contributed by atoms with Gasteiger partial charge in [0.1, 0.15) is 0 Å². The van der Waals surface area contributed by atoms with Gasteiger partial charge in [-0.3, -0.25) is 14.8 Å². The highest BCUT2D eigenvalue weighted by atomic mass is 127. The molecule has 1 unspecified atom stereocenters. The Morgan fingerprint density at radius 1 is 1.12 bits per heavy atom. The van der Waals surface area contributed by atoms with E-state index in [1.54, 1.807) is 0 Å². The van der Waals surface area contributed by atoms with E-state index in [0.717, 1.165) is 78.1 Å². The Balaban J connectivity index is 0.00000338. The number of morpholine rings is 2. The summed E-state index contributed by atoms with van der Waals surface area (Å²) in [6.07, 6.45) is 0.196. The molecular formula is C18H38IN5O2. The predicted molar refractivity (Wildman–Crippen MR) is 118 cm³/mol. The second-order valence-corrected chi connectivity index (χ2v) is 7.25. The smallest absolute Gasteiger partial charge is 0.191 e. The Bertz CT molecular complexity index is 392. The molecule has 0 saturated carbocycles.